The van der Waals surface area contributed by atoms with Crippen LogP contribution in [0.3, 0.4) is 0 Å². The van der Waals surface area contributed by atoms with Crippen LogP contribution in [0, 0.1) is 0 Å². The molecule has 0 heterocycles. The minimum absolute atomic E-state index is 4.52. The van der Waals surface area contributed by atoms with Crippen LogP contribution in [-0.4, -0.2) is 59.2 Å². The standard InChI is InChI=1S/C9F19NO/c10-1(30)29(9(27,28)5(17,18)7(22,23)24)8(25,26)4(15,16)2(11,12)3(13,14)6(19,20)21. The first-order valence-corrected chi connectivity index (χ1v) is 5.97. The normalized spacial score (nSPS) is 16.0. The van der Waals surface area contributed by atoms with E-state index in [1.165, 1.54) is 0 Å². The lowest BCUT2D eigenvalue weighted by atomic mass is 10.0. The van der Waals surface area contributed by atoms with Crippen LogP contribution in [0.15, 0.2) is 0 Å². The predicted octanol–water partition coefficient (Wildman–Crippen LogP) is 6.23. The van der Waals surface area contributed by atoms with Crippen molar-refractivity contribution in [3.63, 3.8) is 0 Å². The molecule has 0 radical (unpaired) electrons. The van der Waals surface area contributed by atoms with Crippen molar-refractivity contribution < 1.29 is 88.2 Å². The molecule has 0 aromatic carbocycles. The van der Waals surface area contributed by atoms with Crippen LogP contribution in [0.5, 0.6) is 0 Å². The van der Waals surface area contributed by atoms with Crippen LogP contribution >= 0.6 is 0 Å². The first-order valence-electron chi connectivity index (χ1n) is 5.97. The fourth-order valence-electron chi connectivity index (χ4n) is 1.41. The van der Waals surface area contributed by atoms with Gasteiger partial charge in [-0.25, -0.2) is 4.79 Å². The number of hydrogen-bond donors (Lipinski definition) is 0. The number of carbonyl (C=O) groups is 1. The molecular weight excluding hydrogens is 499 g/mol. The lowest BCUT2D eigenvalue weighted by Gasteiger charge is -2.43. The molecule has 0 saturated heterocycles. The van der Waals surface area contributed by atoms with Gasteiger partial charge in [-0.05, 0) is 0 Å². The molecule has 0 N–H and O–H groups in total. The van der Waals surface area contributed by atoms with E-state index in [0.29, 0.717) is 0 Å². The van der Waals surface area contributed by atoms with Crippen molar-refractivity contribution in [3.05, 3.63) is 0 Å². The fourth-order valence-corrected chi connectivity index (χ4v) is 1.41. The van der Waals surface area contributed by atoms with E-state index < -0.39 is 59.2 Å². The molecule has 2 nitrogen and oxygen atoms in total. The Kier molecular flexibility index (Phi) is 6.40. The molecule has 0 aromatic heterocycles. The molecule has 0 unspecified atom stereocenters. The second kappa shape index (κ2) is 6.82. The number of hydrogen-bond acceptors (Lipinski definition) is 1. The third kappa shape index (κ3) is 3.56. The van der Waals surface area contributed by atoms with Crippen molar-refractivity contribution >= 4 is 6.16 Å². The van der Waals surface area contributed by atoms with Crippen molar-refractivity contribution in [2.75, 3.05) is 0 Å². The van der Waals surface area contributed by atoms with Gasteiger partial charge in [0.2, 0.25) is 0 Å². The first kappa shape index (κ1) is 28.1. The van der Waals surface area contributed by atoms with Gasteiger partial charge in [0.05, 0.1) is 0 Å². The van der Waals surface area contributed by atoms with Gasteiger partial charge >= 0.3 is 54.3 Å². The first-order chi connectivity index (χ1) is 12.6. The molecule has 0 rings (SSSR count). The number of nitrogens with zero attached hydrogens (tertiary/aromatic N) is 1. The maximum absolute atomic E-state index is 13.3. The maximum atomic E-state index is 13.3. The van der Waals surface area contributed by atoms with Crippen molar-refractivity contribution in [2.45, 2.75) is 48.1 Å². The van der Waals surface area contributed by atoms with Gasteiger partial charge in [0, 0.05) is 0 Å². The molecule has 30 heavy (non-hydrogen) atoms. The number of alkyl halides is 18. The summed E-state index contributed by atoms with van der Waals surface area (Å²) in [5.74, 6) is -33.8. The summed E-state index contributed by atoms with van der Waals surface area (Å²) in [5, 5.41) is 0. The Balaban J connectivity index is 6.96. The number of amides is 1. The molecule has 0 fully saturated rings. The van der Waals surface area contributed by atoms with Crippen LogP contribution in [0.2, 0.25) is 0 Å². The van der Waals surface area contributed by atoms with E-state index in [-0.39, 0.29) is 0 Å². The minimum atomic E-state index is -8.72. The van der Waals surface area contributed by atoms with Crippen LogP contribution in [0.25, 0.3) is 0 Å². The molecule has 0 atom stereocenters. The smallest absolute Gasteiger partial charge is 0.234 e. The van der Waals surface area contributed by atoms with Gasteiger partial charge in [-0.2, -0.15) is 83.9 Å². The molecule has 0 aliphatic heterocycles. The Hall–Kier alpha value is -1.86. The van der Waals surface area contributed by atoms with E-state index in [4.69, 9.17) is 0 Å². The highest BCUT2D eigenvalue weighted by Gasteiger charge is 2.91. The summed E-state index contributed by atoms with van der Waals surface area (Å²) in [4.78, 5) is 5.52. The lowest BCUT2D eigenvalue weighted by molar-refractivity contribution is -0.463. The van der Waals surface area contributed by atoms with E-state index in [1.54, 1.807) is 0 Å². The molecule has 1 amide bonds. The van der Waals surface area contributed by atoms with E-state index >= 15 is 0 Å². The van der Waals surface area contributed by atoms with Crippen LogP contribution in [0.4, 0.5) is 88.2 Å². The Morgan fingerprint density at radius 1 is 0.433 bits per heavy atom. The van der Waals surface area contributed by atoms with Crippen LogP contribution < -0.4 is 0 Å². The topological polar surface area (TPSA) is 20.3 Å². The van der Waals surface area contributed by atoms with E-state index in [1.807, 2.05) is 0 Å². The average molecular weight is 499 g/mol. The molecule has 21 heteroatoms. The molecule has 0 saturated carbocycles. The Morgan fingerprint density at radius 2 is 0.700 bits per heavy atom. The summed E-state index contributed by atoms with van der Waals surface area (Å²) in [6.07, 6.45) is -20.8. The van der Waals surface area contributed by atoms with Gasteiger partial charge in [0.25, 0.3) is 0 Å². The zero-order valence-electron chi connectivity index (χ0n) is 12.5. The Bertz CT molecular complexity index is 656. The molecule has 180 valence electrons. The van der Waals surface area contributed by atoms with Gasteiger partial charge < -0.3 is 0 Å². The van der Waals surface area contributed by atoms with Crippen molar-refractivity contribution in [2.24, 2.45) is 0 Å². The van der Waals surface area contributed by atoms with E-state index in [9.17, 15) is 88.2 Å². The maximum Gasteiger partial charge on any atom is 0.462 e. The van der Waals surface area contributed by atoms with Crippen molar-refractivity contribution in [3.8, 4) is 0 Å². The van der Waals surface area contributed by atoms with Crippen LogP contribution in [-0.2, 0) is 0 Å². The molecule has 0 spiro atoms. The second-order valence-corrected chi connectivity index (χ2v) is 4.96. The van der Waals surface area contributed by atoms with Gasteiger partial charge in [0.1, 0.15) is 0 Å². The monoisotopic (exact) mass is 499 g/mol. The number of rotatable bonds is 6. The molecular formula is C9F19NO. The second-order valence-electron chi connectivity index (χ2n) is 4.96. The van der Waals surface area contributed by atoms with Gasteiger partial charge in [-0.15, -0.1) is 4.39 Å². The molecule has 0 bridgehead atoms. The van der Waals surface area contributed by atoms with Crippen molar-refractivity contribution in [1.82, 2.24) is 4.90 Å². The van der Waals surface area contributed by atoms with Gasteiger partial charge in [0.15, 0.2) is 0 Å². The Morgan fingerprint density at radius 3 is 0.933 bits per heavy atom. The average Bonchev–Trinajstić information content (AvgIpc) is 2.42. The van der Waals surface area contributed by atoms with E-state index in [0.717, 1.165) is 0 Å². The van der Waals surface area contributed by atoms with Crippen LogP contribution in [0.1, 0.15) is 0 Å². The van der Waals surface area contributed by atoms with Gasteiger partial charge in [-0.1, -0.05) is 0 Å². The highest BCUT2D eigenvalue weighted by atomic mass is 19.4. The number of halogens is 19. The molecule has 0 aliphatic rings. The number of carbonyl (C=O) groups excluding carboxylic acids is 1. The minimum Gasteiger partial charge on any atom is -0.234 e. The third-order valence-electron chi connectivity index (χ3n) is 2.99. The SMILES string of the molecule is O=C(F)N(C(F)(F)C(F)(F)C(F)(F)F)C(F)(F)C(F)(F)C(F)(F)C(F)(F)C(F)(F)F. The third-order valence-corrected chi connectivity index (χ3v) is 2.99. The Labute approximate surface area is 149 Å². The highest BCUT2D eigenvalue weighted by molar-refractivity contribution is 5.68. The van der Waals surface area contributed by atoms with E-state index in [2.05, 4.69) is 0 Å². The summed E-state index contributed by atoms with van der Waals surface area (Å²) in [6, 6.07) is -16.8. The lowest BCUT2D eigenvalue weighted by Crippen LogP contribution is -2.75. The summed E-state index contributed by atoms with van der Waals surface area (Å²) >= 11 is 0. The summed E-state index contributed by atoms with van der Waals surface area (Å²) in [5.41, 5.74) is 0. The summed E-state index contributed by atoms with van der Waals surface area (Å²) in [6.45, 7) is 0. The zero-order chi connectivity index (χ0) is 25.2. The summed E-state index contributed by atoms with van der Waals surface area (Å²) in [7, 11) is 0. The predicted molar refractivity (Wildman–Crippen MR) is 50.1 cm³/mol. The molecule has 0 aliphatic carbocycles. The fraction of sp³-hybridized carbons (Fsp3) is 0.889. The zero-order valence-corrected chi connectivity index (χ0v) is 12.5. The summed E-state index contributed by atoms with van der Waals surface area (Å²) < 4.78 is 239. The quantitative estimate of drug-likeness (QED) is 0.241. The molecule has 0 aromatic rings. The van der Waals surface area contributed by atoms with Gasteiger partial charge in [-0.3, -0.25) is 0 Å². The highest BCUT2D eigenvalue weighted by Crippen LogP contribution is 2.60. The van der Waals surface area contributed by atoms with Crippen molar-refractivity contribution in [1.29, 1.82) is 0 Å². The largest absolute Gasteiger partial charge is 0.462 e.